The molecule has 1 aromatic heterocycles. The fourth-order valence-corrected chi connectivity index (χ4v) is 3.70. The highest BCUT2D eigenvalue weighted by Crippen LogP contribution is 2.38. The number of aliphatic hydroxyl groups excluding tert-OH is 1. The molecular weight excluding hydrogens is 232 g/mol. The fourth-order valence-electron chi connectivity index (χ4n) is 2.47. The molecule has 0 radical (unpaired) electrons. The van der Waals surface area contributed by atoms with Crippen molar-refractivity contribution in [2.75, 3.05) is 18.0 Å². The minimum absolute atomic E-state index is 0.316. The number of aromatic nitrogens is 1. The predicted octanol–water partition coefficient (Wildman–Crippen LogP) is 2.75. The lowest BCUT2D eigenvalue weighted by molar-refractivity contribution is 0.153. The van der Waals surface area contributed by atoms with E-state index in [9.17, 15) is 5.11 Å². The third-order valence-corrected chi connectivity index (χ3v) is 4.93. The molecule has 3 nitrogen and oxygen atoms in total. The van der Waals surface area contributed by atoms with Crippen LogP contribution in [0.3, 0.4) is 0 Å². The van der Waals surface area contributed by atoms with E-state index in [0.717, 1.165) is 49.1 Å². The van der Waals surface area contributed by atoms with Gasteiger partial charge in [0.15, 0.2) is 5.13 Å². The molecule has 0 aromatic carbocycles. The molecule has 0 spiro atoms. The highest BCUT2D eigenvalue weighted by Gasteiger charge is 2.28. The summed E-state index contributed by atoms with van der Waals surface area (Å²) in [5, 5.41) is 11.1. The Morgan fingerprint density at radius 3 is 2.88 bits per heavy atom. The Morgan fingerprint density at radius 2 is 2.24 bits per heavy atom. The predicted molar refractivity (Wildman–Crippen MR) is 70.6 cm³/mol. The smallest absolute Gasteiger partial charge is 0.185 e. The van der Waals surface area contributed by atoms with Gasteiger partial charge in [0.25, 0.3) is 0 Å². The molecule has 1 atom stereocenters. The second-order valence-electron chi connectivity index (χ2n) is 5.19. The van der Waals surface area contributed by atoms with Crippen molar-refractivity contribution < 1.29 is 5.11 Å². The number of nitrogens with zero attached hydrogens (tertiary/aromatic N) is 2. The van der Waals surface area contributed by atoms with Gasteiger partial charge < -0.3 is 10.0 Å². The number of hydrogen-bond acceptors (Lipinski definition) is 4. The number of aryl methyl sites for hydroxylation is 1. The monoisotopic (exact) mass is 252 g/mol. The summed E-state index contributed by atoms with van der Waals surface area (Å²) in [7, 11) is 0. The van der Waals surface area contributed by atoms with Crippen LogP contribution in [0.2, 0.25) is 0 Å². The maximum Gasteiger partial charge on any atom is 0.185 e. The molecule has 94 valence electrons. The molecule has 2 aliphatic rings. The molecule has 1 saturated carbocycles. The van der Waals surface area contributed by atoms with Crippen LogP contribution in [0.4, 0.5) is 5.13 Å². The van der Waals surface area contributed by atoms with E-state index in [1.54, 1.807) is 11.3 Å². The Hall–Kier alpha value is -0.610. The second-order valence-corrected chi connectivity index (χ2v) is 6.26. The van der Waals surface area contributed by atoms with E-state index >= 15 is 0 Å². The third kappa shape index (κ3) is 2.33. The average molecular weight is 252 g/mol. The van der Waals surface area contributed by atoms with Crippen molar-refractivity contribution in [1.29, 1.82) is 0 Å². The molecule has 1 heterocycles. The first-order chi connectivity index (χ1) is 8.28. The zero-order chi connectivity index (χ0) is 11.8. The Balaban J connectivity index is 1.81. The lowest BCUT2D eigenvalue weighted by Crippen LogP contribution is -2.25. The molecule has 1 N–H and O–H groups in total. The van der Waals surface area contributed by atoms with Gasteiger partial charge in [-0.05, 0) is 44.9 Å². The molecule has 0 bridgehead atoms. The number of fused-ring (bicyclic) bond motifs is 1. The standard InChI is InChI=1S/C13H20N2OS/c1-2-15(8-9-6-7-9)13-14-12-10(16)4-3-5-11(12)17-13/h9-10,16H,2-8H2,1H3. The van der Waals surface area contributed by atoms with Gasteiger partial charge >= 0.3 is 0 Å². The highest BCUT2D eigenvalue weighted by molar-refractivity contribution is 7.15. The van der Waals surface area contributed by atoms with Gasteiger partial charge in [-0.2, -0.15) is 0 Å². The summed E-state index contributed by atoms with van der Waals surface area (Å²) in [6.45, 7) is 4.37. The van der Waals surface area contributed by atoms with Crippen LogP contribution in [0.5, 0.6) is 0 Å². The summed E-state index contributed by atoms with van der Waals surface area (Å²) >= 11 is 1.80. The van der Waals surface area contributed by atoms with Gasteiger partial charge in [-0.3, -0.25) is 0 Å². The Labute approximate surface area is 106 Å². The average Bonchev–Trinajstić information content (AvgIpc) is 3.04. The van der Waals surface area contributed by atoms with Gasteiger partial charge in [-0.15, -0.1) is 11.3 Å². The van der Waals surface area contributed by atoms with E-state index in [1.807, 2.05) is 0 Å². The van der Waals surface area contributed by atoms with E-state index in [2.05, 4.69) is 16.8 Å². The topological polar surface area (TPSA) is 36.4 Å². The van der Waals surface area contributed by atoms with E-state index in [-0.39, 0.29) is 6.10 Å². The molecule has 0 aliphatic heterocycles. The van der Waals surface area contributed by atoms with Gasteiger partial charge in [-0.1, -0.05) is 0 Å². The van der Waals surface area contributed by atoms with Crippen molar-refractivity contribution in [2.24, 2.45) is 5.92 Å². The van der Waals surface area contributed by atoms with Crippen LogP contribution in [0, 0.1) is 5.92 Å². The van der Waals surface area contributed by atoms with Crippen LogP contribution >= 0.6 is 11.3 Å². The van der Waals surface area contributed by atoms with Crippen LogP contribution in [0.15, 0.2) is 0 Å². The number of rotatable bonds is 4. The van der Waals surface area contributed by atoms with E-state index < -0.39 is 0 Å². The lowest BCUT2D eigenvalue weighted by Gasteiger charge is -2.19. The number of thiazole rings is 1. The van der Waals surface area contributed by atoms with Crippen molar-refractivity contribution >= 4 is 16.5 Å². The summed E-state index contributed by atoms with van der Waals surface area (Å²) < 4.78 is 0. The number of aliphatic hydroxyl groups is 1. The summed E-state index contributed by atoms with van der Waals surface area (Å²) in [5.74, 6) is 0.890. The van der Waals surface area contributed by atoms with Crippen LogP contribution in [-0.2, 0) is 6.42 Å². The molecular formula is C13H20N2OS. The van der Waals surface area contributed by atoms with Crippen LogP contribution < -0.4 is 4.90 Å². The Bertz CT molecular complexity index is 400. The van der Waals surface area contributed by atoms with Crippen LogP contribution in [-0.4, -0.2) is 23.2 Å². The molecule has 0 amide bonds. The van der Waals surface area contributed by atoms with Crippen LogP contribution in [0.1, 0.15) is 49.3 Å². The largest absolute Gasteiger partial charge is 0.387 e. The zero-order valence-corrected chi connectivity index (χ0v) is 11.2. The molecule has 3 rings (SSSR count). The Morgan fingerprint density at radius 1 is 1.41 bits per heavy atom. The normalized spacial score (nSPS) is 23.5. The summed E-state index contributed by atoms with van der Waals surface area (Å²) in [5.41, 5.74) is 0.963. The summed E-state index contributed by atoms with van der Waals surface area (Å²) in [6, 6.07) is 0. The van der Waals surface area contributed by atoms with Gasteiger partial charge in [-0.25, -0.2) is 4.98 Å². The summed E-state index contributed by atoms with van der Waals surface area (Å²) in [6.07, 6.45) is 5.53. The Kier molecular flexibility index (Phi) is 3.09. The zero-order valence-electron chi connectivity index (χ0n) is 10.4. The second kappa shape index (κ2) is 4.58. The maximum atomic E-state index is 9.95. The first kappa shape index (κ1) is 11.5. The fraction of sp³-hybridized carbons (Fsp3) is 0.769. The lowest BCUT2D eigenvalue weighted by atomic mass is 10.0. The molecule has 2 aliphatic carbocycles. The van der Waals surface area contributed by atoms with Gasteiger partial charge in [0, 0.05) is 18.0 Å². The molecule has 1 fully saturated rings. The molecule has 17 heavy (non-hydrogen) atoms. The molecule has 1 unspecified atom stereocenters. The molecule has 0 saturated heterocycles. The van der Waals surface area contributed by atoms with E-state index in [4.69, 9.17) is 0 Å². The van der Waals surface area contributed by atoms with E-state index in [0.29, 0.717) is 0 Å². The van der Waals surface area contributed by atoms with Crippen molar-refractivity contribution in [3.63, 3.8) is 0 Å². The van der Waals surface area contributed by atoms with Crippen molar-refractivity contribution in [3.05, 3.63) is 10.6 Å². The van der Waals surface area contributed by atoms with Crippen LogP contribution in [0.25, 0.3) is 0 Å². The first-order valence-electron chi connectivity index (χ1n) is 6.70. The van der Waals surface area contributed by atoms with E-state index in [1.165, 1.54) is 17.7 Å². The maximum absolute atomic E-state index is 9.95. The molecule has 4 heteroatoms. The number of anilines is 1. The number of hydrogen-bond donors (Lipinski definition) is 1. The quantitative estimate of drug-likeness (QED) is 0.895. The van der Waals surface area contributed by atoms with Gasteiger partial charge in [0.1, 0.15) is 0 Å². The minimum Gasteiger partial charge on any atom is -0.387 e. The van der Waals surface area contributed by atoms with Crippen molar-refractivity contribution in [3.8, 4) is 0 Å². The van der Waals surface area contributed by atoms with Gasteiger partial charge in [0.05, 0.1) is 11.8 Å². The summed E-state index contributed by atoms with van der Waals surface area (Å²) in [4.78, 5) is 8.37. The highest BCUT2D eigenvalue weighted by atomic mass is 32.1. The van der Waals surface area contributed by atoms with Crippen molar-refractivity contribution in [1.82, 2.24) is 4.98 Å². The molecule has 1 aromatic rings. The van der Waals surface area contributed by atoms with Gasteiger partial charge in [0.2, 0.25) is 0 Å². The SMILES string of the molecule is CCN(CC1CC1)c1nc2c(s1)CCCC2O. The first-order valence-corrected chi connectivity index (χ1v) is 7.52. The van der Waals surface area contributed by atoms with Crippen molar-refractivity contribution in [2.45, 2.75) is 45.1 Å². The minimum atomic E-state index is -0.316. The third-order valence-electron chi connectivity index (χ3n) is 3.74.